The van der Waals surface area contributed by atoms with Crippen molar-refractivity contribution >= 4 is 90.4 Å². The normalized spacial score (nSPS) is 13.3. The van der Waals surface area contributed by atoms with E-state index in [1.165, 1.54) is 131 Å². The predicted molar refractivity (Wildman–Crippen MR) is 315 cm³/mol. The molecule has 0 N–H and O–H groups in total. The molecular weight excluding hydrogens is 885 g/mol. The van der Waals surface area contributed by atoms with E-state index in [9.17, 15) is 0 Å². The van der Waals surface area contributed by atoms with Gasteiger partial charge in [0.25, 0.3) is 0 Å². The summed E-state index contributed by atoms with van der Waals surface area (Å²) in [5.74, 6) is 0. The highest BCUT2D eigenvalue weighted by Gasteiger charge is 2.38. The molecular formula is C58H97NP2Si4. The molecule has 4 aromatic carbocycles. The fourth-order valence-corrected chi connectivity index (χ4v) is 31.6. The minimum Gasteiger partial charge on any atom is -0.245 e. The Kier molecular flexibility index (Phi) is 23.9. The van der Waals surface area contributed by atoms with E-state index in [2.05, 4.69) is 189 Å². The fraction of sp³-hybridized carbons (Fsp3) is 0.586. The third-order valence-corrected chi connectivity index (χ3v) is 35.5. The third-order valence-electron chi connectivity index (χ3n) is 14.6. The molecule has 0 radical (unpaired) electrons. The topological polar surface area (TPSA) is 3.24 Å². The molecule has 4 rings (SSSR count). The highest BCUT2D eigenvalue weighted by molar-refractivity contribution is 7.85. The molecule has 7 heteroatoms. The molecule has 65 heavy (non-hydrogen) atoms. The van der Waals surface area contributed by atoms with E-state index in [0.29, 0.717) is 0 Å². The van der Waals surface area contributed by atoms with Gasteiger partial charge in [0, 0.05) is 22.7 Å². The van der Waals surface area contributed by atoms with Crippen molar-refractivity contribution in [3.63, 3.8) is 0 Å². The van der Waals surface area contributed by atoms with Gasteiger partial charge in [-0.2, -0.15) is 0 Å². The Morgan fingerprint density at radius 3 is 1.00 bits per heavy atom. The Labute approximate surface area is 409 Å². The summed E-state index contributed by atoms with van der Waals surface area (Å²) in [5, 5.41) is 12.9. The lowest BCUT2D eigenvalue weighted by molar-refractivity contribution is 0.646. The maximum absolute atomic E-state index is 3.12. The van der Waals surface area contributed by atoms with Crippen LogP contribution in [0, 0.1) is 0 Å². The zero-order valence-corrected chi connectivity index (χ0v) is 50.2. The van der Waals surface area contributed by atoms with E-state index in [1.54, 1.807) is 36.7 Å². The fourth-order valence-electron chi connectivity index (χ4n) is 10.4. The van der Waals surface area contributed by atoms with Crippen LogP contribution in [0.3, 0.4) is 0 Å². The van der Waals surface area contributed by atoms with E-state index in [4.69, 9.17) is 0 Å². The third kappa shape index (κ3) is 15.5. The number of rotatable bonds is 31. The van der Waals surface area contributed by atoms with Gasteiger partial charge in [-0.3, -0.25) is 0 Å². The molecule has 0 aromatic heterocycles. The van der Waals surface area contributed by atoms with Gasteiger partial charge in [0.05, 0.1) is 32.3 Å². The predicted octanol–water partition coefficient (Wildman–Crippen LogP) is 15.4. The van der Waals surface area contributed by atoms with Gasteiger partial charge in [-0.05, 0) is 27.6 Å². The molecule has 0 amide bonds. The maximum Gasteiger partial charge on any atom is 0.0867 e. The first-order valence-corrected chi connectivity index (χ1v) is 41.8. The lowest BCUT2D eigenvalue weighted by Gasteiger charge is -2.41. The Balaban J connectivity index is 2.08. The molecule has 0 aliphatic rings. The minimum absolute atomic E-state index is 0.825. The zero-order chi connectivity index (χ0) is 47.5. The first-order valence-electron chi connectivity index (χ1n) is 27.0. The average molecular weight is 983 g/mol. The first kappa shape index (κ1) is 56.2. The molecule has 0 spiro atoms. The van der Waals surface area contributed by atoms with Crippen molar-refractivity contribution in [1.29, 1.82) is 0 Å². The number of hydrogen-bond donors (Lipinski definition) is 0. The van der Waals surface area contributed by atoms with Crippen LogP contribution in [0.5, 0.6) is 0 Å². The molecule has 0 fully saturated rings. The Hall–Kier alpha value is -1.43. The van der Waals surface area contributed by atoms with E-state index in [-0.39, 0.29) is 0 Å². The summed E-state index contributed by atoms with van der Waals surface area (Å²) >= 11 is 0. The van der Waals surface area contributed by atoms with Crippen molar-refractivity contribution in [2.75, 3.05) is 6.54 Å². The maximum atomic E-state index is 3.12. The summed E-state index contributed by atoms with van der Waals surface area (Å²) in [4.78, 5) is 0. The van der Waals surface area contributed by atoms with Gasteiger partial charge >= 0.3 is 0 Å². The van der Waals surface area contributed by atoms with E-state index in [1.807, 2.05) is 0 Å². The standard InChI is InChI=1S/C58H97NP2Si4/c1-14-21-44-59(61(53-32-38-54(39-33-53)62(8,9)10)57-30-28-29-31-58(57)63(11,12)13)60(51-34-40-55(41-35-51)64(45-22-15-2,46-23-16-3)47-24-17-4)52-36-42-56(43-37-52)65(48-25-18-5,49-26-19-6)50-27-20-7/h28-43H,14-27,44-50H2,1-13H3. The van der Waals surface area contributed by atoms with Gasteiger partial charge in [0.15, 0.2) is 0 Å². The van der Waals surface area contributed by atoms with Crippen LogP contribution in [-0.2, 0) is 0 Å². The molecule has 1 atom stereocenters. The first-order chi connectivity index (χ1) is 31.2. The van der Waals surface area contributed by atoms with Gasteiger partial charge in [-0.15, -0.1) is 0 Å². The van der Waals surface area contributed by atoms with Crippen LogP contribution >= 0.6 is 16.1 Å². The summed E-state index contributed by atoms with van der Waals surface area (Å²) in [7, 11) is -8.12. The van der Waals surface area contributed by atoms with Crippen molar-refractivity contribution in [2.24, 2.45) is 0 Å². The van der Waals surface area contributed by atoms with E-state index >= 15 is 0 Å². The lowest BCUT2D eigenvalue weighted by Crippen LogP contribution is -2.49. The molecule has 360 valence electrons. The molecule has 0 heterocycles. The average Bonchev–Trinajstić information content (AvgIpc) is 3.30. The summed E-state index contributed by atoms with van der Waals surface area (Å²) in [6.07, 6.45) is 18.5. The highest BCUT2D eigenvalue weighted by Crippen LogP contribution is 2.54. The summed E-state index contributed by atoms with van der Waals surface area (Å²) in [5.41, 5.74) is 0. The van der Waals surface area contributed by atoms with Crippen LogP contribution in [0.4, 0.5) is 0 Å². The van der Waals surface area contributed by atoms with Crippen molar-refractivity contribution in [1.82, 2.24) is 4.44 Å². The van der Waals surface area contributed by atoms with Crippen LogP contribution < -0.4 is 42.0 Å². The summed E-state index contributed by atoms with van der Waals surface area (Å²) < 4.78 is 3.12. The van der Waals surface area contributed by atoms with Crippen LogP contribution in [0.25, 0.3) is 0 Å². The number of nitrogens with zero attached hydrogens (tertiary/aromatic N) is 1. The van der Waals surface area contributed by atoms with Crippen molar-refractivity contribution < 1.29 is 0 Å². The van der Waals surface area contributed by atoms with Crippen LogP contribution in [0.2, 0.25) is 75.5 Å². The highest BCUT2D eigenvalue weighted by atomic mass is 31.2. The summed E-state index contributed by atoms with van der Waals surface area (Å²) in [6.45, 7) is 33.2. The number of benzene rings is 4. The second-order valence-corrected chi connectivity index (χ2v) is 45.9. The minimum atomic E-state index is -1.70. The zero-order valence-electron chi connectivity index (χ0n) is 44.4. The largest absolute Gasteiger partial charge is 0.245 e. The Morgan fingerprint density at radius 1 is 0.354 bits per heavy atom. The monoisotopic (exact) mass is 982 g/mol. The van der Waals surface area contributed by atoms with E-state index < -0.39 is 48.4 Å². The van der Waals surface area contributed by atoms with Gasteiger partial charge in [0.2, 0.25) is 0 Å². The van der Waals surface area contributed by atoms with Gasteiger partial charge in [-0.25, -0.2) is 4.44 Å². The number of hydrogen-bond acceptors (Lipinski definition) is 1. The number of unbranched alkanes of at least 4 members (excludes halogenated alkanes) is 7. The van der Waals surface area contributed by atoms with Gasteiger partial charge in [-0.1, -0.05) is 325 Å². The molecule has 1 nitrogen and oxygen atoms in total. The lowest BCUT2D eigenvalue weighted by atomic mass is 10.3. The quantitative estimate of drug-likeness (QED) is 0.0359. The summed E-state index contributed by atoms with van der Waals surface area (Å²) in [6, 6.07) is 50.1. The molecule has 0 saturated heterocycles. The molecule has 4 aromatic rings. The van der Waals surface area contributed by atoms with Gasteiger partial charge < -0.3 is 0 Å². The van der Waals surface area contributed by atoms with Crippen LogP contribution in [0.15, 0.2) is 97.1 Å². The Bertz CT molecular complexity index is 1800. The molecule has 0 aliphatic carbocycles. The van der Waals surface area contributed by atoms with Crippen molar-refractivity contribution in [2.45, 2.75) is 214 Å². The molecule has 0 bridgehead atoms. The smallest absolute Gasteiger partial charge is 0.0867 e. The van der Waals surface area contributed by atoms with E-state index in [0.717, 1.165) is 6.54 Å². The molecule has 1 unspecified atom stereocenters. The Morgan fingerprint density at radius 2 is 0.677 bits per heavy atom. The second kappa shape index (κ2) is 27.7. The van der Waals surface area contributed by atoms with Crippen LogP contribution in [-0.4, -0.2) is 43.3 Å². The van der Waals surface area contributed by atoms with Crippen LogP contribution in [0.1, 0.15) is 138 Å². The second-order valence-electron chi connectivity index (χ2n) is 21.9. The van der Waals surface area contributed by atoms with Crippen molar-refractivity contribution in [3.05, 3.63) is 97.1 Å². The molecule has 0 saturated carbocycles. The molecule has 0 aliphatic heterocycles. The van der Waals surface area contributed by atoms with Gasteiger partial charge in [0.1, 0.15) is 0 Å². The van der Waals surface area contributed by atoms with Crippen molar-refractivity contribution in [3.8, 4) is 0 Å². The SMILES string of the molecule is CCCCN(P(c1ccc([Si](CCCC)(CCCC)CCCC)cc1)c1ccc([Si](CCCC)(CCCC)CCCC)cc1)P(c1ccc([Si](C)(C)C)cc1)c1ccccc1[Si](C)(C)C.